The summed E-state index contributed by atoms with van der Waals surface area (Å²) in [6, 6.07) is 18.3. The fourth-order valence-electron chi connectivity index (χ4n) is 2.09. The van der Waals surface area contributed by atoms with Crippen molar-refractivity contribution in [3.05, 3.63) is 66.2 Å². The normalized spacial score (nSPS) is 10.2. The van der Waals surface area contributed by atoms with Crippen molar-refractivity contribution in [3.63, 3.8) is 0 Å². The zero-order valence-electron chi connectivity index (χ0n) is 11.9. The summed E-state index contributed by atoms with van der Waals surface area (Å²) in [7, 11) is 1.52. The number of aromatic nitrogens is 1. The first-order valence-corrected chi connectivity index (χ1v) is 6.74. The molecule has 0 fully saturated rings. The molecule has 22 heavy (non-hydrogen) atoms. The number of ether oxygens (including phenoxy) is 1. The first-order valence-electron chi connectivity index (χ1n) is 6.74. The second kappa shape index (κ2) is 6.13. The summed E-state index contributed by atoms with van der Waals surface area (Å²) in [6.45, 7) is 0. The number of nitrogens with zero attached hydrogens (tertiary/aromatic N) is 1. The van der Waals surface area contributed by atoms with Crippen LogP contribution in [0.5, 0.6) is 5.75 Å². The quantitative estimate of drug-likeness (QED) is 0.798. The molecule has 1 amide bonds. The van der Waals surface area contributed by atoms with Crippen LogP contribution in [-0.4, -0.2) is 18.2 Å². The molecule has 0 unspecified atom stereocenters. The number of carbonyl (C=O) groups is 1. The average molecular weight is 294 g/mol. The van der Waals surface area contributed by atoms with Crippen molar-refractivity contribution in [2.24, 2.45) is 0 Å². The number of rotatable bonds is 4. The van der Waals surface area contributed by atoms with Crippen LogP contribution >= 0.6 is 0 Å². The van der Waals surface area contributed by atoms with E-state index in [1.165, 1.54) is 7.11 Å². The molecule has 0 aliphatic heterocycles. The van der Waals surface area contributed by atoms with Crippen LogP contribution in [0.3, 0.4) is 0 Å². The molecule has 0 aliphatic rings. The third kappa shape index (κ3) is 2.83. The maximum atomic E-state index is 12.3. The predicted octanol–water partition coefficient (Wildman–Crippen LogP) is 3.60. The molecule has 3 aromatic rings. The van der Waals surface area contributed by atoms with Gasteiger partial charge in [0.15, 0.2) is 0 Å². The van der Waals surface area contributed by atoms with E-state index in [1.54, 1.807) is 30.3 Å². The van der Waals surface area contributed by atoms with E-state index in [-0.39, 0.29) is 11.8 Å². The number of methoxy groups -OCH3 is 1. The highest BCUT2D eigenvalue weighted by atomic mass is 16.5. The molecule has 2 aromatic carbocycles. The van der Waals surface area contributed by atoms with Crippen LogP contribution < -0.4 is 10.1 Å². The molecule has 0 saturated heterocycles. The van der Waals surface area contributed by atoms with E-state index in [2.05, 4.69) is 10.5 Å². The highest BCUT2D eigenvalue weighted by molar-refractivity contribution is 6.05. The topological polar surface area (TPSA) is 64.4 Å². The second-order valence-corrected chi connectivity index (χ2v) is 4.60. The van der Waals surface area contributed by atoms with Crippen LogP contribution in [-0.2, 0) is 0 Å². The van der Waals surface area contributed by atoms with Crippen LogP contribution in [0, 0.1) is 0 Å². The summed E-state index contributed by atoms with van der Waals surface area (Å²) in [4.78, 5) is 12.3. The van der Waals surface area contributed by atoms with Crippen molar-refractivity contribution in [1.82, 2.24) is 5.16 Å². The summed E-state index contributed by atoms with van der Waals surface area (Å²) < 4.78 is 10.3. The Kier molecular flexibility index (Phi) is 3.87. The van der Waals surface area contributed by atoms with Crippen LogP contribution in [0.4, 0.5) is 5.88 Å². The van der Waals surface area contributed by atoms with E-state index in [4.69, 9.17) is 9.26 Å². The first-order chi connectivity index (χ1) is 10.8. The Morgan fingerprint density at radius 3 is 2.59 bits per heavy atom. The van der Waals surface area contributed by atoms with Crippen LogP contribution in [0.1, 0.15) is 10.4 Å². The second-order valence-electron chi connectivity index (χ2n) is 4.60. The minimum absolute atomic E-state index is 0.287. The number of benzene rings is 2. The van der Waals surface area contributed by atoms with Crippen molar-refractivity contribution in [2.45, 2.75) is 0 Å². The summed E-state index contributed by atoms with van der Waals surface area (Å²) in [5.74, 6) is 0.478. The molecule has 3 rings (SSSR count). The molecule has 0 spiro atoms. The number of carbonyl (C=O) groups excluding carboxylic acids is 1. The molecule has 0 atom stereocenters. The highest BCUT2D eigenvalue weighted by Crippen LogP contribution is 2.23. The molecular formula is C17H14N2O3. The Hall–Kier alpha value is -3.08. The number of amides is 1. The van der Waals surface area contributed by atoms with Gasteiger partial charge in [-0.05, 0) is 12.1 Å². The van der Waals surface area contributed by atoms with Gasteiger partial charge in [0, 0.05) is 11.6 Å². The monoisotopic (exact) mass is 294 g/mol. The summed E-state index contributed by atoms with van der Waals surface area (Å²) in [5.41, 5.74) is 2.02. The molecule has 110 valence electrons. The predicted molar refractivity (Wildman–Crippen MR) is 82.9 cm³/mol. The van der Waals surface area contributed by atoms with Crippen LogP contribution in [0.25, 0.3) is 11.3 Å². The molecule has 5 heteroatoms. The van der Waals surface area contributed by atoms with Gasteiger partial charge in [-0.2, -0.15) is 0 Å². The van der Waals surface area contributed by atoms with Gasteiger partial charge in [0.2, 0.25) is 5.88 Å². The highest BCUT2D eigenvalue weighted by Gasteiger charge is 2.14. The lowest BCUT2D eigenvalue weighted by molar-refractivity contribution is 0.102. The Morgan fingerprint density at radius 1 is 1.09 bits per heavy atom. The van der Waals surface area contributed by atoms with Crippen LogP contribution in [0.2, 0.25) is 0 Å². The molecule has 5 nitrogen and oxygen atoms in total. The number of nitrogens with one attached hydrogen (secondary N) is 1. The zero-order chi connectivity index (χ0) is 15.4. The maximum Gasteiger partial charge on any atom is 0.261 e. The molecule has 0 bridgehead atoms. The number of para-hydroxylation sites is 1. The number of hydrogen-bond donors (Lipinski definition) is 1. The van der Waals surface area contributed by atoms with Gasteiger partial charge in [0.1, 0.15) is 11.4 Å². The minimum atomic E-state index is -0.312. The van der Waals surface area contributed by atoms with E-state index < -0.39 is 0 Å². The third-order valence-electron chi connectivity index (χ3n) is 3.17. The fourth-order valence-corrected chi connectivity index (χ4v) is 2.09. The van der Waals surface area contributed by atoms with Gasteiger partial charge in [0.05, 0.1) is 12.7 Å². The summed E-state index contributed by atoms with van der Waals surface area (Å²) >= 11 is 0. The van der Waals surface area contributed by atoms with Gasteiger partial charge in [-0.1, -0.05) is 47.6 Å². The molecule has 0 aliphatic carbocycles. The van der Waals surface area contributed by atoms with E-state index >= 15 is 0 Å². The van der Waals surface area contributed by atoms with Crippen molar-refractivity contribution in [2.75, 3.05) is 12.4 Å². The van der Waals surface area contributed by atoms with Gasteiger partial charge >= 0.3 is 0 Å². The van der Waals surface area contributed by atoms with E-state index in [0.29, 0.717) is 17.0 Å². The molecule has 0 saturated carbocycles. The van der Waals surface area contributed by atoms with Crippen molar-refractivity contribution >= 4 is 11.8 Å². The van der Waals surface area contributed by atoms with Gasteiger partial charge in [0.25, 0.3) is 5.91 Å². The van der Waals surface area contributed by atoms with Gasteiger partial charge < -0.3 is 9.26 Å². The summed E-state index contributed by atoms with van der Waals surface area (Å²) in [6.07, 6.45) is 0. The fraction of sp³-hybridized carbons (Fsp3) is 0.0588. The third-order valence-corrected chi connectivity index (χ3v) is 3.17. The van der Waals surface area contributed by atoms with Crippen molar-refractivity contribution in [1.29, 1.82) is 0 Å². The van der Waals surface area contributed by atoms with Crippen molar-refractivity contribution < 1.29 is 14.1 Å². The van der Waals surface area contributed by atoms with Gasteiger partial charge in [-0.3, -0.25) is 10.1 Å². The van der Waals surface area contributed by atoms with Gasteiger partial charge in [-0.15, -0.1) is 0 Å². The lowest BCUT2D eigenvalue weighted by Gasteiger charge is -2.06. The summed E-state index contributed by atoms with van der Waals surface area (Å²) in [5, 5.41) is 6.63. The maximum absolute atomic E-state index is 12.3. The Bertz CT molecular complexity index is 781. The van der Waals surface area contributed by atoms with Gasteiger partial charge in [-0.25, -0.2) is 0 Å². The molecule has 0 radical (unpaired) electrons. The lowest BCUT2D eigenvalue weighted by atomic mass is 10.1. The Balaban J connectivity index is 1.79. The standard InChI is InChI=1S/C17H14N2O3/c1-21-15-10-6-5-9-13(15)17(20)18-16-11-14(19-22-16)12-7-3-2-4-8-12/h2-11H,1H3,(H,18,20). The Labute approximate surface area is 127 Å². The molecule has 1 heterocycles. The largest absolute Gasteiger partial charge is 0.496 e. The molecular weight excluding hydrogens is 280 g/mol. The average Bonchev–Trinajstić information content (AvgIpc) is 3.04. The Morgan fingerprint density at radius 2 is 1.82 bits per heavy atom. The molecule has 1 N–H and O–H groups in total. The van der Waals surface area contributed by atoms with Crippen LogP contribution in [0.15, 0.2) is 65.2 Å². The smallest absolute Gasteiger partial charge is 0.261 e. The van der Waals surface area contributed by atoms with Crippen molar-refractivity contribution in [3.8, 4) is 17.0 Å². The molecule has 1 aromatic heterocycles. The SMILES string of the molecule is COc1ccccc1C(=O)Nc1cc(-c2ccccc2)no1. The van der Waals surface area contributed by atoms with E-state index in [9.17, 15) is 4.79 Å². The lowest BCUT2D eigenvalue weighted by Crippen LogP contribution is -2.12. The first kappa shape index (κ1) is 13.9. The number of anilines is 1. The number of hydrogen-bond acceptors (Lipinski definition) is 4. The van der Waals surface area contributed by atoms with E-state index in [1.807, 2.05) is 30.3 Å². The zero-order valence-corrected chi connectivity index (χ0v) is 11.9. The minimum Gasteiger partial charge on any atom is -0.496 e. The van der Waals surface area contributed by atoms with E-state index in [0.717, 1.165) is 5.56 Å².